The topological polar surface area (TPSA) is 43.8 Å². The maximum Gasteiger partial charge on any atom is 0.0850 e. The molecule has 0 aliphatic rings. The van der Waals surface area contributed by atoms with Gasteiger partial charge in [-0.2, -0.15) is 5.10 Å². The van der Waals surface area contributed by atoms with Crippen molar-refractivity contribution in [3.63, 3.8) is 0 Å². The molecule has 0 bridgehead atoms. The minimum Gasteiger partial charge on any atom is -0.324 e. The zero-order chi connectivity index (χ0) is 14.7. The largest absolute Gasteiger partial charge is 0.324 e. The van der Waals surface area contributed by atoms with Crippen molar-refractivity contribution in [1.82, 2.24) is 9.78 Å². The summed E-state index contributed by atoms with van der Waals surface area (Å²) in [7, 11) is 0. The fourth-order valence-electron chi connectivity index (χ4n) is 2.25. The van der Waals surface area contributed by atoms with E-state index < -0.39 is 0 Å². The Kier molecular flexibility index (Phi) is 5.08. The second kappa shape index (κ2) is 6.61. The molecular weight excluding hydrogens is 293 g/mol. The number of halogens is 2. The van der Waals surface area contributed by atoms with Gasteiger partial charge in [0.25, 0.3) is 0 Å². The van der Waals surface area contributed by atoms with Gasteiger partial charge < -0.3 is 5.73 Å². The van der Waals surface area contributed by atoms with Crippen molar-refractivity contribution in [3.8, 4) is 0 Å². The van der Waals surface area contributed by atoms with Gasteiger partial charge in [-0.1, -0.05) is 42.3 Å². The molecule has 0 amide bonds. The van der Waals surface area contributed by atoms with Crippen molar-refractivity contribution in [2.45, 2.75) is 39.3 Å². The number of nitrogens with two attached hydrogens (primary N) is 1. The summed E-state index contributed by atoms with van der Waals surface area (Å²) in [6.45, 7) is 4.90. The molecule has 1 heterocycles. The monoisotopic (exact) mass is 311 g/mol. The molecule has 0 saturated carbocycles. The standard InChI is InChI=1S/C15H19Cl2N3/c1-3-13-15(17)14(20(4-2)19-13)9-12(18)10-5-7-11(16)8-6-10/h5-8,12H,3-4,9,18H2,1-2H3. The fraction of sp³-hybridized carbons (Fsp3) is 0.400. The van der Waals surface area contributed by atoms with Crippen LogP contribution in [-0.2, 0) is 19.4 Å². The first-order valence-electron chi connectivity index (χ1n) is 6.81. The maximum absolute atomic E-state index is 6.41. The van der Waals surface area contributed by atoms with Crippen LogP contribution < -0.4 is 5.73 Å². The SMILES string of the molecule is CCc1nn(CC)c(CC(N)c2ccc(Cl)cc2)c1Cl. The van der Waals surface area contributed by atoms with Crippen LogP contribution in [0.4, 0.5) is 0 Å². The summed E-state index contributed by atoms with van der Waals surface area (Å²) in [5, 5.41) is 5.98. The van der Waals surface area contributed by atoms with Crippen molar-refractivity contribution >= 4 is 23.2 Å². The van der Waals surface area contributed by atoms with Crippen molar-refractivity contribution in [2.75, 3.05) is 0 Å². The number of rotatable bonds is 5. The van der Waals surface area contributed by atoms with Crippen LogP contribution >= 0.6 is 23.2 Å². The molecule has 0 spiro atoms. The minimum absolute atomic E-state index is 0.114. The van der Waals surface area contributed by atoms with Gasteiger partial charge in [0.05, 0.1) is 16.4 Å². The van der Waals surface area contributed by atoms with Crippen LogP contribution in [0.15, 0.2) is 24.3 Å². The summed E-state index contributed by atoms with van der Waals surface area (Å²) in [6.07, 6.45) is 1.50. The molecule has 1 atom stereocenters. The van der Waals surface area contributed by atoms with Gasteiger partial charge in [-0.3, -0.25) is 4.68 Å². The second-order valence-electron chi connectivity index (χ2n) is 4.74. The van der Waals surface area contributed by atoms with Crippen LogP contribution in [0.3, 0.4) is 0 Å². The Bertz CT molecular complexity index is 576. The summed E-state index contributed by atoms with van der Waals surface area (Å²) < 4.78 is 1.94. The summed E-state index contributed by atoms with van der Waals surface area (Å²) in [5.41, 5.74) is 9.27. The lowest BCUT2D eigenvalue weighted by atomic mass is 10.0. The predicted molar refractivity (Wildman–Crippen MR) is 84.4 cm³/mol. The lowest BCUT2D eigenvalue weighted by Crippen LogP contribution is -2.16. The van der Waals surface area contributed by atoms with Crippen molar-refractivity contribution in [1.29, 1.82) is 0 Å². The van der Waals surface area contributed by atoms with Crippen molar-refractivity contribution < 1.29 is 0 Å². The highest BCUT2D eigenvalue weighted by atomic mass is 35.5. The van der Waals surface area contributed by atoms with Gasteiger partial charge >= 0.3 is 0 Å². The quantitative estimate of drug-likeness (QED) is 0.906. The molecule has 1 aromatic heterocycles. The van der Waals surface area contributed by atoms with E-state index in [1.165, 1.54) is 0 Å². The summed E-state index contributed by atoms with van der Waals surface area (Å²) in [4.78, 5) is 0. The Hall–Kier alpha value is -1.03. The highest BCUT2D eigenvalue weighted by Crippen LogP contribution is 2.26. The third kappa shape index (κ3) is 3.17. The molecule has 2 N–H and O–H groups in total. The van der Waals surface area contributed by atoms with E-state index in [-0.39, 0.29) is 6.04 Å². The van der Waals surface area contributed by atoms with Gasteiger partial charge in [-0.25, -0.2) is 0 Å². The normalized spacial score (nSPS) is 12.7. The van der Waals surface area contributed by atoms with Gasteiger partial charge in [0.15, 0.2) is 0 Å². The summed E-state index contributed by atoms with van der Waals surface area (Å²) in [6, 6.07) is 7.50. The van der Waals surface area contributed by atoms with Gasteiger partial charge in [0.2, 0.25) is 0 Å². The molecule has 2 aromatic rings. The Morgan fingerprint density at radius 3 is 2.40 bits per heavy atom. The number of nitrogens with zero attached hydrogens (tertiary/aromatic N) is 2. The number of aromatic nitrogens is 2. The van der Waals surface area contributed by atoms with E-state index in [0.29, 0.717) is 11.4 Å². The molecular formula is C15H19Cl2N3. The number of benzene rings is 1. The first-order valence-corrected chi connectivity index (χ1v) is 7.57. The zero-order valence-corrected chi connectivity index (χ0v) is 13.2. The molecule has 3 nitrogen and oxygen atoms in total. The molecule has 1 unspecified atom stereocenters. The lowest BCUT2D eigenvalue weighted by molar-refractivity contribution is 0.585. The van der Waals surface area contributed by atoms with E-state index >= 15 is 0 Å². The summed E-state index contributed by atoms with van der Waals surface area (Å²) in [5.74, 6) is 0. The average Bonchev–Trinajstić information content (AvgIpc) is 2.76. The highest BCUT2D eigenvalue weighted by Gasteiger charge is 2.17. The molecule has 108 valence electrons. The second-order valence-corrected chi connectivity index (χ2v) is 5.55. The first kappa shape index (κ1) is 15.4. The zero-order valence-electron chi connectivity index (χ0n) is 11.7. The van der Waals surface area contributed by atoms with E-state index in [2.05, 4.69) is 18.9 Å². The molecule has 0 aliphatic heterocycles. The Morgan fingerprint density at radius 1 is 1.20 bits per heavy atom. The van der Waals surface area contributed by atoms with E-state index in [0.717, 1.165) is 34.9 Å². The van der Waals surface area contributed by atoms with Gasteiger partial charge in [0.1, 0.15) is 0 Å². The molecule has 5 heteroatoms. The smallest absolute Gasteiger partial charge is 0.0850 e. The van der Waals surface area contributed by atoms with Crippen molar-refractivity contribution in [2.24, 2.45) is 5.73 Å². The van der Waals surface area contributed by atoms with Crippen LogP contribution in [0.2, 0.25) is 10.0 Å². The molecule has 2 rings (SSSR count). The van der Waals surface area contributed by atoms with Gasteiger partial charge in [-0.05, 0) is 31.0 Å². The predicted octanol–water partition coefficient (Wildman–Crippen LogP) is 4.01. The molecule has 1 aromatic carbocycles. The van der Waals surface area contributed by atoms with Gasteiger partial charge in [0, 0.05) is 24.0 Å². The first-order chi connectivity index (χ1) is 9.56. The van der Waals surface area contributed by atoms with Crippen LogP contribution in [0.25, 0.3) is 0 Å². The van der Waals surface area contributed by atoms with E-state index in [1.54, 1.807) is 0 Å². The molecule has 0 radical (unpaired) electrons. The van der Waals surface area contributed by atoms with E-state index in [4.69, 9.17) is 28.9 Å². The van der Waals surface area contributed by atoms with Crippen LogP contribution in [0.1, 0.15) is 36.8 Å². The van der Waals surface area contributed by atoms with E-state index in [9.17, 15) is 0 Å². The van der Waals surface area contributed by atoms with Crippen LogP contribution in [0.5, 0.6) is 0 Å². The Morgan fingerprint density at radius 2 is 1.85 bits per heavy atom. The third-order valence-electron chi connectivity index (χ3n) is 3.41. The Balaban J connectivity index is 2.25. The fourth-order valence-corrected chi connectivity index (χ4v) is 2.72. The molecule has 0 aliphatic carbocycles. The minimum atomic E-state index is -0.114. The van der Waals surface area contributed by atoms with Gasteiger partial charge in [-0.15, -0.1) is 0 Å². The van der Waals surface area contributed by atoms with E-state index in [1.807, 2.05) is 28.9 Å². The van der Waals surface area contributed by atoms with Crippen molar-refractivity contribution in [3.05, 3.63) is 51.3 Å². The maximum atomic E-state index is 6.41. The number of aryl methyl sites for hydroxylation is 2. The lowest BCUT2D eigenvalue weighted by Gasteiger charge is -2.13. The third-order valence-corrected chi connectivity index (χ3v) is 4.09. The summed E-state index contributed by atoms with van der Waals surface area (Å²) >= 11 is 12.3. The molecule has 0 saturated heterocycles. The Labute approximate surface area is 129 Å². The van der Waals surface area contributed by atoms with Crippen LogP contribution in [0, 0.1) is 0 Å². The molecule has 20 heavy (non-hydrogen) atoms. The number of hydrogen-bond donors (Lipinski definition) is 1. The molecule has 0 fully saturated rings. The average molecular weight is 312 g/mol. The van der Waals surface area contributed by atoms with Crippen LogP contribution in [-0.4, -0.2) is 9.78 Å². The highest BCUT2D eigenvalue weighted by molar-refractivity contribution is 6.32. The number of hydrogen-bond acceptors (Lipinski definition) is 2.